The fourth-order valence-electron chi connectivity index (χ4n) is 5.20. The highest BCUT2D eigenvalue weighted by Crippen LogP contribution is 2.35. The molecule has 40 heavy (non-hydrogen) atoms. The van der Waals surface area contributed by atoms with Crippen LogP contribution in [0.5, 0.6) is 11.5 Å². The molecule has 0 aromatic heterocycles. The van der Waals surface area contributed by atoms with Crippen LogP contribution in [-0.4, -0.2) is 89.8 Å². The van der Waals surface area contributed by atoms with E-state index in [-0.39, 0.29) is 30.4 Å². The van der Waals surface area contributed by atoms with Crippen molar-refractivity contribution in [2.75, 3.05) is 46.5 Å². The number of carbonyl (C=O) groups is 3. The summed E-state index contributed by atoms with van der Waals surface area (Å²) in [5.74, 6) is 0.173. The number of hydrogen-bond donors (Lipinski definition) is 1. The molecule has 216 valence electrons. The van der Waals surface area contributed by atoms with Gasteiger partial charge in [0.05, 0.1) is 7.11 Å². The van der Waals surface area contributed by atoms with E-state index in [1.165, 1.54) is 12.5 Å². The highest BCUT2D eigenvalue weighted by Gasteiger charge is 2.35. The molecule has 2 amide bonds. The molecule has 2 heterocycles. The lowest BCUT2D eigenvalue weighted by molar-refractivity contribution is -0.142. The second-order valence-corrected chi connectivity index (χ2v) is 10.9. The van der Waals surface area contributed by atoms with Crippen LogP contribution >= 0.6 is 0 Å². The largest absolute Gasteiger partial charge is 0.504 e. The van der Waals surface area contributed by atoms with Crippen LogP contribution in [0.4, 0.5) is 4.79 Å². The van der Waals surface area contributed by atoms with Crippen molar-refractivity contribution in [1.82, 2.24) is 14.7 Å². The van der Waals surface area contributed by atoms with Crippen molar-refractivity contribution in [2.45, 2.75) is 52.2 Å². The van der Waals surface area contributed by atoms with Crippen molar-refractivity contribution in [3.05, 3.63) is 58.7 Å². The van der Waals surface area contributed by atoms with Gasteiger partial charge in [-0.1, -0.05) is 18.2 Å². The van der Waals surface area contributed by atoms with Gasteiger partial charge in [0.1, 0.15) is 13.2 Å². The first kappa shape index (κ1) is 29.2. The highest BCUT2D eigenvalue weighted by molar-refractivity contribution is 5.96. The Bertz CT molecular complexity index is 1240. The maximum atomic E-state index is 13.6. The monoisotopic (exact) mass is 553 g/mol. The zero-order valence-electron chi connectivity index (χ0n) is 23.8. The molecular formula is C30H39N3O7. The Hall–Kier alpha value is -3.79. The molecule has 2 aliphatic heterocycles. The first-order valence-electron chi connectivity index (χ1n) is 13.6. The summed E-state index contributed by atoms with van der Waals surface area (Å²) < 4.78 is 15.2. The molecule has 2 aromatic rings. The molecule has 0 aliphatic carbocycles. The normalized spacial score (nSPS) is 15.5. The maximum absolute atomic E-state index is 13.6. The molecule has 1 saturated heterocycles. The van der Waals surface area contributed by atoms with E-state index in [0.717, 1.165) is 36.1 Å². The Morgan fingerprint density at radius 1 is 0.950 bits per heavy atom. The average molecular weight is 554 g/mol. The minimum Gasteiger partial charge on any atom is -0.504 e. The molecule has 0 unspecified atom stereocenters. The molecule has 2 aromatic carbocycles. The zero-order valence-corrected chi connectivity index (χ0v) is 23.8. The van der Waals surface area contributed by atoms with Crippen molar-refractivity contribution >= 4 is 18.0 Å². The van der Waals surface area contributed by atoms with Crippen LogP contribution in [0.1, 0.15) is 54.2 Å². The summed E-state index contributed by atoms with van der Waals surface area (Å²) in [6.07, 6.45) is 1.26. The number of phenolic OH excluding ortho intramolecular Hbond substituents is 1. The summed E-state index contributed by atoms with van der Waals surface area (Å²) >= 11 is 0. The number of rotatable bonds is 9. The first-order valence-corrected chi connectivity index (χ1v) is 13.6. The van der Waals surface area contributed by atoms with E-state index in [0.29, 0.717) is 38.5 Å². The maximum Gasteiger partial charge on any atom is 0.410 e. The third-order valence-corrected chi connectivity index (χ3v) is 7.78. The number of carbonyl (C=O) groups excluding carboxylic acids is 3. The quantitative estimate of drug-likeness (QED) is 0.371. The molecule has 4 rings (SSSR count). The van der Waals surface area contributed by atoms with Gasteiger partial charge >= 0.3 is 12.1 Å². The number of amides is 2. The Kier molecular flexibility index (Phi) is 9.19. The Morgan fingerprint density at radius 2 is 1.65 bits per heavy atom. The minimum atomic E-state index is -0.469. The highest BCUT2D eigenvalue weighted by atomic mass is 16.6. The summed E-state index contributed by atoms with van der Waals surface area (Å²) in [5, 5.41) is 9.89. The van der Waals surface area contributed by atoms with Gasteiger partial charge in [-0.2, -0.15) is 0 Å². The fourth-order valence-corrected chi connectivity index (χ4v) is 5.20. The Balaban J connectivity index is 1.33. The van der Waals surface area contributed by atoms with Crippen LogP contribution in [0, 0.1) is 0 Å². The fraction of sp³-hybridized carbons (Fsp3) is 0.500. The lowest BCUT2D eigenvalue weighted by atomic mass is 9.93. The molecule has 0 saturated carbocycles. The summed E-state index contributed by atoms with van der Waals surface area (Å²) in [6.45, 7) is 8.86. The molecule has 2 aliphatic rings. The summed E-state index contributed by atoms with van der Waals surface area (Å²) in [7, 11) is 1.55. The number of fused-ring (bicyclic) bond motifs is 1. The number of aromatic hydroxyl groups is 1. The van der Waals surface area contributed by atoms with E-state index in [4.69, 9.17) is 14.2 Å². The third kappa shape index (κ3) is 6.85. The van der Waals surface area contributed by atoms with Crippen LogP contribution < -0.4 is 4.74 Å². The van der Waals surface area contributed by atoms with E-state index in [2.05, 4.69) is 24.8 Å². The number of piperazine rings is 1. The van der Waals surface area contributed by atoms with Crippen LogP contribution in [0.2, 0.25) is 0 Å². The first-order chi connectivity index (χ1) is 19.1. The Morgan fingerprint density at radius 3 is 2.35 bits per heavy atom. The summed E-state index contributed by atoms with van der Waals surface area (Å²) in [6, 6.07) is 11.4. The molecule has 0 atom stereocenters. The van der Waals surface area contributed by atoms with Gasteiger partial charge < -0.3 is 29.1 Å². The average Bonchev–Trinajstić information content (AvgIpc) is 3.40. The van der Waals surface area contributed by atoms with Crippen molar-refractivity contribution in [2.24, 2.45) is 0 Å². The van der Waals surface area contributed by atoms with Crippen LogP contribution in [-0.2, 0) is 33.8 Å². The third-order valence-electron chi connectivity index (χ3n) is 7.78. The lowest BCUT2D eigenvalue weighted by Gasteiger charge is -2.36. The molecule has 10 nitrogen and oxygen atoms in total. The summed E-state index contributed by atoms with van der Waals surface area (Å²) in [5.41, 5.74) is 3.94. The Labute approximate surface area is 235 Å². The topological polar surface area (TPSA) is 109 Å². The molecule has 1 N–H and O–H groups in total. The van der Waals surface area contributed by atoms with E-state index in [9.17, 15) is 19.5 Å². The molecule has 10 heteroatoms. The zero-order chi connectivity index (χ0) is 28.9. The molecular weight excluding hydrogens is 514 g/mol. The number of ether oxygens (including phenoxy) is 3. The van der Waals surface area contributed by atoms with E-state index in [1.807, 2.05) is 24.3 Å². The van der Waals surface area contributed by atoms with Gasteiger partial charge in [0.2, 0.25) is 0 Å². The predicted octanol–water partition coefficient (Wildman–Crippen LogP) is 3.59. The van der Waals surface area contributed by atoms with Gasteiger partial charge in [0.15, 0.2) is 11.5 Å². The number of nitrogens with zero attached hydrogens (tertiary/aromatic N) is 3. The number of methoxy groups -OCH3 is 1. The standard InChI is InChI=1S/C30H39N3O7/c1-21(34)39-16-17-40-29(37)32-14-12-31(13-15-32)28(36)24-7-5-6-23-19-33(20-25(23)24)30(2,3)11-10-22-8-9-26(35)27(18-22)38-4/h5-9,18,35H,10-17,19-20H2,1-4H3. The molecule has 1 fully saturated rings. The van der Waals surface area contributed by atoms with Crippen molar-refractivity contribution in [3.63, 3.8) is 0 Å². The smallest absolute Gasteiger partial charge is 0.410 e. The number of benzene rings is 2. The SMILES string of the molecule is COc1cc(CCC(C)(C)N2Cc3cccc(C(=O)N4CCN(C(=O)OCCOC(C)=O)CC4)c3C2)ccc1O. The number of phenols is 1. The summed E-state index contributed by atoms with van der Waals surface area (Å²) in [4.78, 5) is 42.5. The van der Waals surface area contributed by atoms with Crippen molar-refractivity contribution in [3.8, 4) is 11.5 Å². The second kappa shape index (κ2) is 12.6. The molecule has 0 bridgehead atoms. The number of esters is 1. The van der Waals surface area contributed by atoms with Crippen molar-refractivity contribution in [1.29, 1.82) is 0 Å². The number of hydrogen-bond acceptors (Lipinski definition) is 8. The number of aryl methyl sites for hydroxylation is 1. The van der Waals surface area contributed by atoms with Gasteiger partial charge in [0, 0.05) is 57.3 Å². The van der Waals surface area contributed by atoms with E-state index < -0.39 is 12.1 Å². The van der Waals surface area contributed by atoms with Gasteiger partial charge in [-0.15, -0.1) is 0 Å². The van der Waals surface area contributed by atoms with Crippen molar-refractivity contribution < 1.29 is 33.7 Å². The van der Waals surface area contributed by atoms with Crippen LogP contribution in [0.15, 0.2) is 36.4 Å². The molecule has 0 radical (unpaired) electrons. The van der Waals surface area contributed by atoms with Gasteiger partial charge in [-0.25, -0.2) is 4.79 Å². The van der Waals surface area contributed by atoms with Crippen LogP contribution in [0.25, 0.3) is 0 Å². The van der Waals surface area contributed by atoms with Gasteiger partial charge in [0.25, 0.3) is 5.91 Å². The van der Waals surface area contributed by atoms with E-state index >= 15 is 0 Å². The second-order valence-electron chi connectivity index (χ2n) is 10.9. The van der Waals surface area contributed by atoms with E-state index in [1.54, 1.807) is 23.0 Å². The van der Waals surface area contributed by atoms with Crippen LogP contribution in [0.3, 0.4) is 0 Å². The lowest BCUT2D eigenvalue weighted by Crippen LogP contribution is -2.51. The predicted molar refractivity (Wildman–Crippen MR) is 148 cm³/mol. The van der Waals surface area contributed by atoms with Gasteiger partial charge in [-0.05, 0) is 61.6 Å². The minimum absolute atomic E-state index is 0.00366. The van der Waals surface area contributed by atoms with Gasteiger partial charge in [-0.3, -0.25) is 14.5 Å². The molecule has 0 spiro atoms.